The maximum Gasteiger partial charge on any atom is 0.111 e. The van der Waals surface area contributed by atoms with Gasteiger partial charge in [-0.05, 0) is 32.1 Å². The van der Waals surface area contributed by atoms with Crippen LogP contribution >= 0.6 is 0 Å². The molecule has 0 aromatic carbocycles. The maximum absolute atomic E-state index is 5.65. The summed E-state index contributed by atoms with van der Waals surface area (Å²) in [6, 6.07) is 0. The van der Waals surface area contributed by atoms with Crippen molar-refractivity contribution in [3.05, 3.63) is 12.8 Å². The maximum atomic E-state index is 5.65. The van der Waals surface area contributed by atoms with E-state index in [-0.39, 0.29) is 5.60 Å². The van der Waals surface area contributed by atoms with Gasteiger partial charge in [0, 0.05) is 6.61 Å². The predicted octanol–water partition coefficient (Wildman–Crippen LogP) is 2.12. The molecule has 1 saturated carbocycles. The summed E-state index contributed by atoms with van der Waals surface area (Å²) in [4.78, 5) is 0. The lowest BCUT2D eigenvalue weighted by Gasteiger charge is -2.22. The number of epoxide rings is 1. The van der Waals surface area contributed by atoms with Crippen LogP contribution in [-0.4, -0.2) is 31.5 Å². The van der Waals surface area contributed by atoms with Gasteiger partial charge in [0.15, 0.2) is 0 Å². The van der Waals surface area contributed by atoms with Crippen molar-refractivity contribution in [2.24, 2.45) is 5.92 Å². The Morgan fingerprint density at radius 3 is 3.13 bits per heavy atom. The molecule has 2 unspecified atom stereocenters. The third-order valence-electron chi connectivity index (χ3n) is 3.45. The minimum absolute atomic E-state index is 0.225. The quantitative estimate of drug-likeness (QED) is 0.384. The van der Waals surface area contributed by atoms with Crippen LogP contribution in [0.1, 0.15) is 26.2 Å². The fraction of sp³-hybridized carbons (Fsp3) is 0.833. The van der Waals surface area contributed by atoms with Crippen LogP contribution in [0.2, 0.25) is 0 Å². The molecule has 0 aromatic heterocycles. The first-order valence-electron chi connectivity index (χ1n) is 5.73. The van der Waals surface area contributed by atoms with E-state index in [1.807, 2.05) is 0 Å². The largest absolute Gasteiger partial charge is 0.499 e. The van der Waals surface area contributed by atoms with Crippen molar-refractivity contribution in [2.75, 3.05) is 19.8 Å². The molecule has 2 fully saturated rings. The number of ether oxygens (including phenoxy) is 3. The van der Waals surface area contributed by atoms with E-state index >= 15 is 0 Å². The molecule has 2 rings (SSSR count). The standard InChI is InChI=1S/C12H20O3/c1-3-13-6-7-14-9-10-4-5-12(2)11(8-10)15-12/h3,10-11H,1,4-9H2,2H3/t10?,11-,12?/m0/s1. The second-order valence-corrected chi connectivity index (χ2v) is 4.67. The molecular weight excluding hydrogens is 192 g/mol. The Kier molecular flexibility index (Phi) is 3.32. The first-order valence-corrected chi connectivity index (χ1v) is 5.73. The van der Waals surface area contributed by atoms with Gasteiger partial charge in [-0.1, -0.05) is 6.58 Å². The summed E-state index contributed by atoms with van der Waals surface area (Å²) in [6.07, 6.45) is 5.54. The van der Waals surface area contributed by atoms with E-state index < -0.39 is 0 Å². The Bertz CT molecular complexity index is 229. The van der Waals surface area contributed by atoms with Crippen LogP contribution in [0.5, 0.6) is 0 Å². The zero-order valence-electron chi connectivity index (χ0n) is 9.41. The zero-order chi connectivity index (χ0) is 10.7. The first kappa shape index (κ1) is 11.0. The van der Waals surface area contributed by atoms with Crippen LogP contribution in [0, 0.1) is 5.92 Å². The van der Waals surface area contributed by atoms with Crippen molar-refractivity contribution >= 4 is 0 Å². The SMILES string of the molecule is C=COCCOCC1CCC2(C)O[C@H]2C1. The van der Waals surface area contributed by atoms with Gasteiger partial charge < -0.3 is 14.2 Å². The summed E-state index contributed by atoms with van der Waals surface area (Å²) in [7, 11) is 0. The molecule has 0 N–H and O–H groups in total. The first-order chi connectivity index (χ1) is 7.24. The highest BCUT2D eigenvalue weighted by Crippen LogP contribution is 2.49. The van der Waals surface area contributed by atoms with Crippen molar-refractivity contribution in [3.8, 4) is 0 Å². The van der Waals surface area contributed by atoms with Crippen LogP contribution in [-0.2, 0) is 14.2 Å². The molecule has 1 saturated heterocycles. The number of rotatable bonds is 6. The minimum Gasteiger partial charge on any atom is -0.499 e. The molecule has 0 aromatic rings. The van der Waals surface area contributed by atoms with Gasteiger partial charge in [-0.15, -0.1) is 0 Å². The van der Waals surface area contributed by atoms with E-state index in [9.17, 15) is 0 Å². The Morgan fingerprint density at radius 2 is 2.40 bits per heavy atom. The zero-order valence-corrected chi connectivity index (χ0v) is 9.41. The summed E-state index contributed by atoms with van der Waals surface area (Å²) < 4.78 is 16.2. The van der Waals surface area contributed by atoms with Crippen LogP contribution in [0.4, 0.5) is 0 Å². The fourth-order valence-corrected chi connectivity index (χ4v) is 2.31. The normalized spacial score (nSPS) is 38.2. The summed E-state index contributed by atoms with van der Waals surface area (Å²) >= 11 is 0. The molecule has 2 aliphatic rings. The highest BCUT2D eigenvalue weighted by Gasteiger charge is 2.55. The fourth-order valence-electron chi connectivity index (χ4n) is 2.31. The average molecular weight is 212 g/mol. The highest BCUT2D eigenvalue weighted by atomic mass is 16.6. The number of hydrogen-bond donors (Lipinski definition) is 0. The molecule has 3 heteroatoms. The van der Waals surface area contributed by atoms with E-state index in [1.165, 1.54) is 25.5 Å². The number of fused-ring (bicyclic) bond motifs is 1. The molecule has 3 atom stereocenters. The lowest BCUT2D eigenvalue weighted by Crippen LogP contribution is -2.24. The van der Waals surface area contributed by atoms with Crippen molar-refractivity contribution < 1.29 is 14.2 Å². The summed E-state index contributed by atoms with van der Waals surface area (Å²) in [5.41, 5.74) is 0.225. The Balaban J connectivity index is 1.55. The molecule has 3 nitrogen and oxygen atoms in total. The van der Waals surface area contributed by atoms with E-state index in [0.29, 0.717) is 25.2 Å². The Hall–Kier alpha value is -0.540. The molecule has 1 heterocycles. The van der Waals surface area contributed by atoms with Gasteiger partial charge in [0.2, 0.25) is 0 Å². The summed E-state index contributed by atoms with van der Waals surface area (Å²) in [5, 5.41) is 0. The third kappa shape index (κ3) is 2.73. The Morgan fingerprint density at radius 1 is 1.53 bits per heavy atom. The topological polar surface area (TPSA) is 31.0 Å². The van der Waals surface area contributed by atoms with E-state index in [2.05, 4.69) is 13.5 Å². The van der Waals surface area contributed by atoms with Gasteiger partial charge in [-0.25, -0.2) is 0 Å². The van der Waals surface area contributed by atoms with Crippen LogP contribution in [0.3, 0.4) is 0 Å². The third-order valence-corrected chi connectivity index (χ3v) is 3.45. The van der Waals surface area contributed by atoms with Crippen molar-refractivity contribution in [1.29, 1.82) is 0 Å². The molecule has 86 valence electrons. The second kappa shape index (κ2) is 4.54. The molecule has 15 heavy (non-hydrogen) atoms. The van der Waals surface area contributed by atoms with Crippen molar-refractivity contribution in [3.63, 3.8) is 0 Å². The van der Waals surface area contributed by atoms with E-state index in [0.717, 1.165) is 6.61 Å². The van der Waals surface area contributed by atoms with Gasteiger partial charge in [-0.2, -0.15) is 0 Å². The molecule has 0 radical (unpaired) electrons. The van der Waals surface area contributed by atoms with Gasteiger partial charge in [0.05, 0.1) is 24.6 Å². The van der Waals surface area contributed by atoms with E-state index in [1.54, 1.807) is 0 Å². The second-order valence-electron chi connectivity index (χ2n) is 4.67. The lowest BCUT2D eigenvalue weighted by molar-refractivity contribution is 0.0541. The molecule has 0 bridgehead atoms. The summed E-state index contributed by atoms with van der Waals surface area (Å²) in [5.74, 6) is 0.675. The molecule has 1 aliphatic heterocycles. The van der Waals surface area contributed by atoms with Gasteiger partial charge >= 0.3 is 0 Å². The number of hydrogen-bond acceptors (Lipinski definition) is 3. The van der Waals surface area contributed by atoms with Crippen molar-refractivity contribution in [1.82, 2.24) is 0 Å². The molecular formula is C12H20O3. The average Bonchev–Trinajstić information content (AvgIpc) is 2.89. The van der Waals surface area contributed by atoms with Gasteiger partial charge in [0.1, 0.15) is 6.61 Å². The molecule has 1 aliphatic carbocycles. The predicted molar refractivity (Wildman–Crippen MR) is 57.6 cm³/mol. The highest BCUT2D eigenvalue weighted by molar-refractivity contribution is 5.03. The smallest absolute Gasteiger partial charge is 0.111 e. The lowest BCUT2D eigenvalue weighted by atomic mass is 9.83. The van der Waals surface area contributed by atoms with Crippen molar-refractivity contribution in [2.45, 2.75) is 37.9 Å². The van der Waals surface area contributed by atoms with Crippen LogP contribution in [0.25, 0.3) is 0 Å². The van der Waals surface area contributed by atoms with Gasteiger partial charge in [-0.3, -0.25) is 0 Å². The molecule has 0 amide bonds. The van der Waals surface area contributed by atoms with Crippen LogP contribution in [0.15, 0.2) is 12.8 Å². The summed E-state index contributed by atoms with van der Waals surface area (Å²) in [6.45, 7) is 7.80. The van der Waals surface area contributed by atoms with Crippen LogP contribution < -0.4 is 0 Å². The van der Waals surface area contributed by atoms with Gasteiger partial charge in [0.25, 0.3) is 0 Å². The molecule has 0 spiro atoms. The van der Waals surface area contributed by atoms with E-state index in [4.69, 9.17) is 14.2 Å². The monoisotopic (exact) mass is 212 g/mol. The minimum atomic E-state index is 0.225. The Labute approximate surface area is 91.4 Å².